The van der Waals surface area contributed by atoms with Crippen LogP contribution in [0.2, 0.25) is 5.15 Å². The van der Waals surface area contributed by atoms with Crippen molar-refractivity contribution in [2.45, 2.75) is 44.7 Å². The number of anilines is 2. The Hall–Kier alpha value is -3.37. The van der Waals surface area contributed by atoms with Crippen LogP contribution in [0.25, 0.3) is 0 Å². The van der Waals surface area contributed by atoms with Gasteiger partial charge in [-0.3, -0.25) is 0 Å². The first-order chi connectivity index (χ1) is 16.8. The molecule has 2 N–H and O–H groups in total. The van der Waals surface area contributed by atoms with E-state index in [2.05, 4.69) is 25.3 Å². The third-order valence-corrected chi connectivity index (χ3v) is 5.97. The first kappa shape index (κ1) is 24.7. The standard InChI is InChI=1S/C24H26ClFN6O3/c1-15(2)20-27-10-17(11-28-20)22(33)31-18-19(25)29-14-30-21(18)32-9-8-24(26,13-32)23(34)35-12-16-6-4-3-5-7-16/h3-7,10-11,14-15,22,31,33H,8-9,12-13H2,1-2H3. The Kier molecular flexibility index (Phi) is 7.42. The molecule has 1 aliphatic heterocycles. The van der Waals surface area contributed by atoms with E-state index in [1.165, 1.54) is 18.7 Å². The topological polar surface area (TPSA) is 113 Å². The van der Waals surface area contributed by atoms with Crippen LogP contribution in [0.5, 0.6) is 0 Å². The Morgan fingerprint density at radius 1 is 1.23 bits per heavy atom. The maximum atomic E-state index is 15.5. The van der Waals surface area contributed by atoms with Crippen molar-refractivity contribution in [3.05, 3.63) is 71.2 Å². The number of ether oxygens (including phenoxy) is 1. The fourth-order valence-corrected chi connectivity index (χ4v) is 3.88. The highest BCUT2D eigenvalue weighted by Gasteiger charge is 2.47. The Bertz CT molecular complexity index is 1170. The minimum atomic E-state index is -2.21. The van der Waals surface area contributed by atoms with E-state index in [1.807, 2.05) is 32.0 Å². The number of rotatable bonds is 8. The first-order valence-electron chi connectivity index (χ1n) is 11.2. The molecule has 2 aromatic heterocycles. The lowest BCUT2D eigenvalue weighted by atomic mass is 10.1. The summed E-state index contributed by atoms with van der Waals surface area (Å²) in [6.45, 7) is 3.85. The van der Waals surface area contributed by atoms with Gasteiger partial charge >= 0.3 is 5.97 Å². The predicted molar refractivity (Wildman–Crippen MR) is 129 cm³/mol. The molecule has 1 aromatic carbocycles. The summed E-state index contributed by atoms with van der Waals surface area (Å²) in [6, 6.07) is 9.08. The molecule has 3 aromatic rings. The van der Waals surface area contributed by atoms with E-state index in [1.54, 1.807) is 17.0 Å². The van der Waals surface area contributed by atoms with Gasteiger partial charge in [-0.05, 0) is 5.56 Å². The van der Waals surface area contributed by atoms with Crippen molar-refractivity contribution in [1.82, 2.24) is 19.9 Å². The average Bonchev–Trinajstić information content (AvgIpc) is 3.27. The van der Waals surface area contributed by atoms with Gasteiger partial charge in [-0.15, -0.1) is 0 Å². The molecule has 0 radical (unpaired) electrons. The van der Waals surface area contributed by atoms with E-state index in [0.717, 1.165) is 5.56 Å². The minimum Gasteiger partial charge on any atom is -0.458 e. The number of aliphatic hydroxyl groups excluding tert-OH is 1. The van der Waals surface area contributed by atoms with E-state index < -0.39 is 17.9 Å². The zero-order valence-corrected chi connectivity index (χ0v) is 20.1. The second-order valence-corrected chi connectivity index (χ2v) is 9.00. The number of aromatic nitrogens is 4. The Labute approximate surface area is 207 Å². The number of carbonyl (C=O) groups is 1. The molecule has 0 bridgehead atoms. The SMILES string of the molecule is CC(C)c1ncc(C(O)Nc2c(Cl)ncnc2N2CCC(F)(C(=O)OCc3ccccc3)C2)cn1. The largest absolute Gasteiger partial charge is 0.458 e. The second kappa shape index (κ2) is 10.5. The summed E-state index contributed by atoms with van der Waals surface area (Å²) >= 11 is 6.29. The van der Waals surface area contributed by atoms with Gasteiger partial charge in [0.2, 0.25) is 5.67 Å². The molecule has 11 heteroatoms. The Morgan fingerprint density at radius 2 is 1.94 bits per heavy atom. The lowest BCUT2D eigenvalue weighted by molar-refractivity contribution is -0.157. The monoisotopic (exact) mass is 500 g/mol. The van der Waals surface area contributed by atoms with Crippen LogP contribution in [0.15, 0.2) is 49.1 Å². The third kappa shape index (κ3) is 5.66. The molecule has 0 amide bonds. The highest BCUT2D eigenvalue weighted by atomic mass is 35.5. The molecular formula is C24H26ClFN6O3. The number of nitrogens with zero attached hydrogens (tertiary/aromatic N) is 5. The number of esters is 1. The average molecular weight is 501 g/mol. The summed E-state index contributed by atoms with van der Waals surface area (Å²) in [5.41, 5.74) is -0.821. The van der Waals surface area contributed by atoms with Crippen molar-refractivity contribution in [2.24, 2.45) is 0 Å². The van der Waals surface area contributed by atoms with Crippen molar-refractivity contribution < 1.29 is 19.0 Å². The van der Waals surface area contributed by atoms with Crippen LogP contribution in [0.3, 0.4) is 0 Å². The zero-order chi connectivity index (χ0) is 25.0. The highest BCUT2D eigenvalue weighted by Crippen LogP contribution is 2.37. The molecule has 9 nitrogen and oxygen atoms in total. The smallest absolute Gasteiger partial charge is 0.346 e. The molecule has 1 aliphatic rings. The molecule has 35 heavy (non-hydrogen) atoms. The molecule has 1 fully saturated rings. The molecular weight excluding hydrogens is 475 g/mol. The number of hydrogen-bond acceptors (Lipinski definition) is 9. The maximum absolute atomic E-state index is 15.5. The van der Waals surface area contributed by atoms with Crippen molar-refractivity contribution in [2.75, 3.05) is 23.3 Å². The molecule has 0 saturated carbocycles. The maximum Gasteiger partial charge on any atom is 0.346 e. The Morgan fingerprint density at radius 3 is 2.63 bits per heavy atom. The number of hydrogen-bond donors (Lipinski definition) is 2. The van der Waals surface area contributed by atoms with Gasteiger partial charge in [0.1, 0.15) is 24.4 Å². The van der Waals surface area contributed by atoms with Crippen molar-refractivity contribution in [1.29, 1.82) is 0 Å². The number of aliphatic hydroxyl groups is 1. The summed E-state index contributed by atoms with van der Waals surface area (Å²) in [6.07, 6.45) is 2.98. The van der Waals surface area contributed by atoms with Crippen LogP contribution in [-0.2, 0) is 16.1 Å². The van der Waals surface area contributed by atoms with Crippen molar-refractivity contribution in [3.63, 3.8) is 0 Å². The van der Waals surface area contributed by atoms with Crippen molar-refractivity contribution >= 4 is 29.1 Å². The molecule has 4 rings (SSSR count). The summed E-state index contributed by atoms with van der Waals surface area (Å²) in [5, 5.41) is 13.6. The lowest BCUT2D eigenvalue weighted by Crippen LogP contribution is -2.39. The lowest BCUT2D eigenvalue weighted by Gasteiger charge is -2.24. The van der Waals surface area contributed by atoms with E-state index in [0.29, 0.717) is 11.4 Å². The fourth-order valence-electron chi connectivity index (χ4n) is 3.70. The quantitative estimate of drug-likeness (QED) is 0.271. The summed E-state index contributed by atoms with van der Waals surface area (Å²) < 4.78 is 20.8. The van der Waals surface area contributed by atoms with Gasteiger partial charge in [-0.2, -0.15) is 0 Å². The summed E-state index contributed by atoms with van der Waals surface area (Å²) in [4.78, 5) is 30.8. The van der Waals surface area contributed by atoms with E-state index >= 15 is 4.39 Å². The van der Waals surface area contributed by atoms with E-state index in [4.69, 9.17) is 16.3 Å². The van der Waals surface area contributed by atoms with Gasteiger partial charge in [-0.25, -0.2) is 29.1 Å². The molecule has 1 saturated heterocycles. The van der Waals surface area contributed by atoms with Crippen LogP contribution < -0.4 is 10.2 Å². The number of halogens is 2. The van der Waals surface area contributed by atoms with Crippen LogP contribution in [-0.4, -0.2) is 49.8 Å². The first-order valence-corrected chi connectivity index (χ1v) is 11.6. The van der Waals surface area contributed by atoms with Crippen LogP contribution in [0.4, 0.5) is 15.9 Å². The zero-order valence-electron chi connectivity index (χ0n) is 19.4. The number of benzene rings is 1. The number of nitrogens with one attached hydrogen (secondary N) is 1. The Balaban J connectivity index is 1.47. The number of carbonyl (C=O) groups excluding carboxylic acids is 1. The second-order valence-electron chi connectivity index (χ2n) is 8.64. The van der Waals surface area contributed by atoms with E-state index in [-0.39, 0.29) is 48.7 Å². The fraction of sp³-hybridized carbons (Fsp3) is 0.375. The molecule has 2 unspecified atom stereocenters. The van der Waals surface area contributed by atoms with Crippen LogP contribution in [0, 0.1) is 0 Å². The molecule has 184 valence electrons. The van der Waals surface area contributed by atoms with E-state index in [9.17, 15) is 9.90 Å². The summed E-state index contributed by atoms with van der Waals surface area (Å²) in [7, 11) is 0. The highest BCUT2D eigenvalue weighted by molar-refractivity contribution is 6.32. The van der Waals surface area contributed by atoms with Gasteiger partial charge in [-0.1, -0.05) is 55.8 Å². The normalized spacial score (nSPS) is 18.5. The molecule has 3 heterocycles. The van der Waals surface area contributed by atoms with Gasteiger partial charge in [0.25, 0.3) is 0 Å². The third-order valence-electron chi connectivity index (χ3n) is 5.68. The molecule has 0 aliphatic carbocycles. The van der Waals surface area contributed by atoms with Crippen LogP contribution in [0.1, 0.15) is 49.4 Å². The van der Waals surface area contributed by atoms with Crippen LogP contribution >= 0.6 is 11.6 Å². The number of alkyl halides is 1. The van der Waals surface area contributed by atoms with Gasteiger partial charge in [0.15, 0.2) is 17.2 Å². The van der Waals surface area contributed by atoms with Gasteiger partial charge in [0.05, 0.1) is 6.54 Å². The van der Waals surface area contributed by atoms with Gasteiger partial charge < -0.3 is 20.1 Å². The summed E-state index contributed by atoms with van der Waals surface area (Å²) in [5.74, 6) is 0.131. The minimum absolute atomic E-state index is 0.0126. The predicted octanol–water partition coefficient (Wildman–Crippen LogP) is 3.81. The van der Waals surface area contributed by atoms with Crippen molar-refractivity contribution in [3.8, 4) is 0 Å². The molecule has 0 spiro atoms. The van der Waals surface area contributed by atoms with Gasteiger partial charge in [0, 0.05) is 36.8 Å². The molecule has 2 atom stereocenters.